The van der Waals surface area contributed by atoms with Gasteiger partial charge >= 0.3 is 0 Å². The van der Waals surface area contributed by atoms with E-state index in [1.165, 1.54) is 49.8 Å². The van der Waals surface area contributed by atoms with Crippen molar-refractivity contribution >= 4 is 52.2 Å². The molecule has 0 aromatic carbocycles. The summed E-state index contributed by atoms with van der Waals surface area (Å²) in [4.78, 5) is 13.4. The van der Waals surface area contributed by atoms with E-state index in [-0.39, 0.29) is 24.8 Å². The Balaban J connectivity index is 0.00000182. The van der Waals surface area contributed by atoms with Crippen molar-refractivity contribution in [3.8, 4) is 0 Å². The molecular formula is C19H32Cl2N4OS. The molecule has 1 aliphatic carbocycles. The maximum Gasteiger partial charge on any atom is 0.138 e. The highest BCUT2D eigenvalue weighted by Crippen LogP contribution is 2.30. The van der Waals surface area contributed by atoms with Crippen LogP contribution < -0.4 is 5.32 Å². The average Bonchev–Trinajstić information content (AvgIpc) is 2.98. The second kappa shape index (κ2) is 12.7. The minimum atomic E-state index is 0. The predicted molar refractivity (Wildman–Crippen MR) is 120 cm³/mol. The second-order valence-corrected chi connectivity index (χ2v) is 8.31. The molecule has 2 aromatic heterocycles. The molecule has 154 valence electrons. The Hall–Kier alpha value is -0.660. The lowest BCUT2D eigenvalue weighted by molar-refractivity contribution is 0.107. The number of halogens is 2. The van der Waals surface area contributed by atoms with Gasteiger partial charge in [-0.3, -0.25) is 0 Å². The molecule has 0 radical (unpaired) electrons. The van der Waals surface area contributed by atoms with E-state index in [1.54, 1.807) is 17.7 Å². The highest BCUT2D eigenvalue weighted by molar-refractivity contribution is 7.18. The van der Waals surface area contributed by atoms with Crippen LogP contribution in [-0.4, -0.2) is 48.2 Å². The molecule has 0 amide bonds. The van der Waals surface area contributed by atoms with Crippen LogP contribution >= 0.6 is 36.2 Å². The Morgan fingerprint density at radius 2 is 1.81 bits per heavy atom. The summed E-state index contributed by atoms with van der Waals surface area (Å²) >= 11 is 1.71. The maximum absolute atomic E-state index is 5.78. The summed E-state index contributed by atoms with van der Waals surface area (Å²) in [6, 6.07) is 2.74. The first kappa shape index (κ1) is 24.4. The molecule has 1 fully saturated rings. The zero-order valence-corrected chi connectivity index (χ0v) is 18.7. The van der Waals surface area contributed by atoms with E-state index < -0.39 is 0 Å². The fourth-order valence-corrected chi connectivity index (χ4v) is 4.24. The van der Waals surface area contributed by atoms with E-state index in [9.17, 15) is 0 Å². The monoisotopic (exact) mass is 434 g/mol. The number of likely N-dealkylation sites (N-methyl/N-ethyl adjacent to an activating group) is 1. The maximum atomic E-state index is 5.78. The van der Waals surface area contributed by atoms with Gasteiger partial charge in [-0.2, -0.15) is 0 Å². The number of rotatable bonds is 7. The molecule has 0 spiro atoms. The van der Waals surface area contributed by atoms with E-state index in [4.69, 9.17) is 4.74 Å². The Bertz CT molecular complexity index is 660. The average molecular weight is 435 g/mol. The lowest BCUT2D eigenvalue weighted by Crippen LogP contribution is -2.21. The van der Waals surface area contributed by atoms with Crippen molar-refractivity contribution in [2.45, 2.75) is 57.6 Å². The van der Waals surface area contributed by atoms with Crippen molar-refractivity contribution in [3.63, 3.8) is 0 Å². The minimum absolute atomic E-state index is 0. The summed E-state index contributed by atoms with van der Waals surface area (Å²) in [6.07, 6.45) is 10.9. The zero-order chi connectivity index (χ0) is 17.5. The zero-order valence-electron chi connectivity index (χ0n) is 16.3. The first-order chi connectivity index (χ1) is 12.2. The van der Waals surface area contributed by atoms with Crippen LogP contribution in [0.2, 0.25) is 0 Å². The van der Waals surface area contributed by atoms with Gasteiger partial charge in [-0.05, 0) is 33.0 Å². The smallest absolute Gasteiger partial charge is 0.138 e. The molecule has 27 heavy (non-hydrogen) atoms. The van der Waals surface area contributed by atoms with Crippen LogP contribution in [0.1, 0.15) is 49.8 Å². The van der Waals surface area contributed by atoms with Crippen molar-refractivity contribution in [3.05, 3.63) is 17.3 Å². The molecule has 2 aromatic rings. The fraction of sp³-hybridized carbons (Fsp3) is 0.684. The first-order valence-corrected chi connectivity index (χ1v) is 10.3. The minimum Gasteiger partial charge on any atom is -0.375 e. The van der Waals surface area contributed by atoms with Crippen molar-refractivity contribution in [1.82, 2.24) is 14.9 Å². The number of hydrogen-bond donors (Lipinski definition) is 1. The van der Waals surface area contributed by atoms with Gasteiger partial charge in [0.25, 0.3) is 0 Å². The molecule has 0 atom stereocenters. The quantitative estimate of drug-likeness (QED) is 0.611. The van der Waals surface area contributed by atoms with E-state index >= 15 is 0 Å². The molecule has 0 aliphatic heterocycles. The van der Waals surface area contributed by atoms with Crippen molar-refractivity contribution in [1.29, 1.82) is 0 Å². The highest BCUT2D eigenvalue weighted by Gasteiger charge is 2.15. The third kappa shape index (κ3) is 7.70. The standard InChI is InChI=1S/C19H30N4OS.2ClH/c1-23(2)10-11-24-13-16-12-17-18(20-14-21-19(17)25-16)22-15-8-6-4-3-5-7-9-15;;/h12,14-15H,3-11,13H2,1-2H3,(H,20,21,22);2*1H. The fourth-order valence-electron chi connectivity index (χ4n) is 3.31. The van der Waals surface area contributed by atoms with E-state index in [2.05, 4.69) is 40.3 Å². The number of ether oxygens (including phenoxy) is 1. The second-order valence-electron chi connectivity index (χ2n) is 7.20. The first-order valence-electron chi connectivity index (χ1n) is 9.45. The van der Waals surface area contributed by atoms with Crippen molar-refractivity contribution in [2.24, 2.45) is 0 Å². The summed E-state index contributed by atoms with van der Waals surface area (Å²) in [7, 11) is 4.12. The van der Waals surface area contributed by atoms with Crippen molar-refractivity contribution in [2.75, 3.05) is 32.6 Å². The largest absolute Gasteiger partial charge is 0.375 e. The molecule has 3 rings (SSSR count). The van der Waals surface area contributed by atoms with Crippen LogP contribution in [0.4, 0.5) is 5.82 Å². The molecule has 1 saturated carbocycles. The number of nitrogens with zero attached hydrogens (tertiary/aromatic N) is 3. The van der Waals surface area contributed by atoms with Gasteiger partial charge in [0, 0.05) is 17.5 Å². The lowest BCUT2D eigenvalue weighted by atomic mass is 9.97. The van der Waals surface area contributed by atoms with Gasteiger partial charge in [0.1, 0.15) is 17.0 Å². The van der Waals surface area contributed by atoms with E-state index in [1.807, 2.05) is 0 Å². The third-order valence-corrected chi connectivity index (χ3v) is 5.77. The molecule has 0 saturated heterocycles. The van der Waals surface area contributed by atoms with E-state index in [0.717, 1.165) is 29.2 Å². The Morgan fingerprint density at radius 3 is 2.52 bits per heavy atom. The number of anilines is 1. The molecule has 0 unspecified atom stereocenters. The van der Waals surface area contributed by atoms with Gasteiger partial charge in [0.15, 0.2) is 0 Å². The topological polar surface area (TPSA) is 50.3 Å². The van der Waals surface area contributed by atoms with E-state index in [0.29, 0.717) is 12.6 Å². The normalized spacial score (nSPS) is 15.7. The molecule has 8 heteroatoms. The van der Waals surface area contributed by atoms with Crippen LogP contribution in [-0.2, 0) is 11.3 Å². The number of thiophene rings is 1. The lowest BCUT2D eigenvalue weighted by Gasteiger charge is -2.21. The van der Waals surface area contributed by atoms with Crippen LogP contribution in [0.5, 0.6) is 0 Å². The summed E-state index contributed by atoms with van der Waals surface area (Å²) in [5.41, 5.74) is 0. The van der Waals surface area contributed by atoms with Gasteiger partial charge in [-0.1, -0.05) is 32.1 Å². The Labute approximate surface area is 179 Å². The van der Waals surface area contributed by atoms with Crippen molar-refractivity contribution < 1.29 is 4.74 Å². The summed E-state index contributed by atoms with van der Waals surface area (Å²) < 4.78 is 5.78. The summed E-state index contributed by atoms with van der Waals surface area (Å²) in [6.45, 7) is 2.34. The number of hydrogen-bond acceptors (Lipinski definition) is 6. The van der Waals surface area contributed by atoms with Crippen LogP contribution in [0.15, 0.2) is 12.4 Å². The molecular weight excluding hydrogens is 403 g/mol. The number of aromatic nitrogens is 2. The van der Waals surface area contributed by atoms with Gasteiger partial charge in [0.05, 0.1) is 18.6 Å². The molecule has 1 N–H and O–H groups in total. The van der Waals surface area contributed by atoms with Gasteiger partial charge in [-0.25, -0.2) is 9.97 Å². The summed E-state index contributed by atoms with van der Waals surface area (Å²) in [5, 5.41) is 4.83. The van der Waals surface area contributed by atoms with Gasteiger partial charge < -0.3 is 15.0 Å². The Kier molecular flexibility index (Phi) is 11.5. The molecule has 1 aliphatic rings. The molecule has 5 nitrogen and oxygen atoms in total. The van der Waals surface area contributed by atoms with Gasteiger partial charge in [0.2, 0.25) is 0 Å². The number of fused-ring (bicyclic) bond motifs is 1. The van der Waals surface area contributed by atoms with Gasteiger partial charge in [-0.15, -0.1) is 36.2 Å². The Morgan fingerprint density at radius 1 is 1.11 bits per heavy atom. The molecule has 0 bridgehead atoms. The van der Waals surface area contributed by atoms with Crippen LogP contribution in [0.3, 0.4) is 0 Å². The SMILES string of the molecule is CN(C)CCOCc1cc2c(NC3CCCCCCC3)ncnc2s1.Cl.Cl. The van der Waals surface area contributed by atoms with Crippen LogP contribution in [0.25, 0.3) is 10.2 Å². The predicted octanol–water partition coefficient (Wildman–Crippen LogP) is 5.14. The summed E-state index contributed by atoms with van der Waals surface area (Å²) in [5.74, 6) is 0.992. The molecule has 2 heterocycles. The van der Waals surface area contributed by atoms with Crippen LogP contribution in [0, 0.1) is 0 Å². The highest BCUT2D eigenvalue weighted by atomic mass is 35.5. The number of nitrogens with one attached hydrogen (secondary N) is 1. The third-order valence-electron chi connectivity index (χ3n) is 4.75.